The maximum Gasteiger partial charge on any atom is 0.412 e. The molecule has 36 heavy (non-hydrogen) atoms. The number of benzene rings is 2. The second-order valence-corrected chi connectivity index (χ2v) is 9.34. The summed E-state index contributed by atoms with van der Waals surface area (Å²) in [5.74, 6) is -1.55. The van der Waals surface area contributed by atoms with Crippen molar-refractivity contribution in [3.8, 4) is 5.69 Å². The molecule has 0 fully saturated rings. The Balaban J connectivity index is 2.08. The van der Waals surface area contributed by atoms with E-state index in [-0.39, 0.29) is 18.0 Å². The average molecular weight is 500 g/mol. The van der Waals surface area contributed by atoms with E-state index in [2.05, 4.69) is 5.10 Å². The van der Waals surface area contributed by atoms with Crippen molar-refractivity contribution in [3.05, 3.63) is 93.5 Å². The predicted molar refractivity (Wildman–Crippen MR) is 131 cm³/mol. The van der Waals surface area contributed by atoms with Gasteiger partial charge >= 0.3 is 12.1 Å². The van der Waals surface area contributed by atoms with Crippen molar-refractivity contribution in [2.45, 2.75) is 44.7 Å². The van der Waals surface area contributed by atoms with Crippen molar-refractivity contribution in [3.63, 3.8) is 0 Å². The van der Waals surface area contributed by atoms with Gasteiger partial charge in [-0.15, -0.1) is 0 Å². The molecule has 1 atom stereocenters. The van der Waals surface area contributed by atoms with Crippen LogP contribution in [0.25, 0.3) is 5.69 Å². The molecule has 1 aliphatic heterocycles. The van der Waals surface area contributed by atoms with Crippen LogP contribution in [-0.4, -0.2) is 35.6 Å². The Hall–Kier alpha value is -3.75. The van der Waals surface area contributed by atoms with Crippen LogP contribution in [0, 0.1) is 6.92 Å². The van der Waals surface area contributed by atoms with Gasteiger partial charge in [0, 0.05) is 29.5 Å². The minimum atomic E-state index is -5.18. The number of hydrogen-bond acceptors (Lipinski definition) is 4. The number of fused-ring (bicyclic) bond motifs is 1. The van der Waals surface area contributed by atoms with E-state index < -0.39 is 34.1 Å². The molecule has 0 amide bonds. The zero-order chi connectivity index (χ0) is 26.5. The van der Waals surface area contributed by atoms with Crippen LogP contribution < -0.4 is 10.5 Å². The highest BCUT2D eigenvalue weighted by atomic mass is 19.4. The van der Waals surface area contributed by atoms with Crippen LogP contribution in [0.15, 0.2) is 71.2 Å². The molecule has 9 heteroatoms. The number of para-hydroxylation sites is 2. The standard InChI is InChI=1S/C27H28F3N3O3/c1-6-36-24(35)26(27(28,29)30,16-21-25(3,4)19-14-10-11-15-20(19)32(21)5)22-17(2)31-33(23(22)34)18-12-8-7-9-13-18/h7-16,31H,6H2,1-5H3/b21-16+. The quantitative estimate of drug-likeness (QED) is 0.493. The number of aryl methyl sites for hydroxylation is 1. The van der Waals surface area contributed by atoms with E-state index in [4.69, 9.17) is 4.74 Å². The summed E-state index contributed by atoms with van der Waals surface area (Å²) in [6.45, 7) is 6.08. The molecule has 4 rings (SSSR count). The number of nitrogens with zero attached hydrogens (tertiary/aromatic N) is 2. The molecule has 0 spiro atoms. The number of aromatic amines is 1. The Kier molecular flexibility index (Phi) is 6.14. The molecule has 0 bridgehead atoms. The Morgan fingerprint density at radius 3 is 2.28 bits per heavy atom. The van der Waals surface area contributed by atoms with Crippen LogP contribution in [0.5, 0.6) is 0 Å². The Bertz CT molecular complexity index is 1390. The zero-order valence-electron chi connectivity index (χ0n) is 20.7. The van der Waals surface area contributed by atoms with Crippen molar-refractivity contribution < 1.29 is 22.7 Å². The second-order valence-electron chi connectivity index (χ2n) is 9.34. The molecule has 2 heterocycles. The summed E-state index contributed by atoms with van der Waals surface area (Å²) < 4.78 is 51.8. The topological polar surface area (TPSA) is 67.3 Å². The fraction of sp³-hybridized carbons (Fsp3) is 0.333. The van der Waals surface area contributed by atoms with Crippen molar-refractivity contribution in [1.82, 2.24) is 9.78 Å². The fourth-order valence-electron chi connectivity index (χ4n) is 5.05. The highest BCUT2D eigenvalue weighted by Gasteiger charge is 2.65. The number of carbonyl (C=O) groups excluding carboxylic acids is 1. The van der Waals surface area contributed by atoms with Crippen LogP contribution in [0.4, 0.5) is 18.9 Å². The highest BCUT2D eigenvalue weighted by Crippen LogP contribution is 2.51. The number of anilines is 1. The summed E-state index contributed by atoms with van der Waals surface area (Å²) in [6.07, 6.45) is -4.31. The average Bonchev–Trinajstić information content (AvgIpc) is 3.22. The van der Waals surface area contributed by atoms with Gasteiger partial charge in [0.25, 0.3) is 5.56 Å². The smallest absolute Gasteiger partial charge is 0.412 e. The van der Waals surface area contributed by atoms with Gasteiger partial charge in [-0.3, -0.25) is 14.7 Å². The lowest BCUT2D eigenvalue weighted by molar-refractivity contribution is -0.199. The summed E-state index contributed by atoms with van der Waals surface area (Å²) in [4.78, 5) is 28.6. The van der Waals surface area contributed by atoms with Gasteiger partial charge in [0.1, 0.15) is 0 Å². The first-order valence-electron chi connectivity index (χ1n) is 11.6. The van der Waals surface area contributed by atoms with Gasteiger partial charge in [0.15, 0.2) is 0 Å². The van der Waals surface area contributed by atoms with Gasteiger partial charge in [0.05, 0.1) is 17.9 Å². The van der Waals surface area contributed by atoms with Gasteiger partial charge in [-0.25, -0.2) is 4.68 Å². The Morgan fingerprint density at radius 2 is 1.69 bits per heavy atom. The maximum absolute atomic E-state index is 15.2. The SMILES string of the molecule is CCOC(=O)C(/C=C1/N(C)c2ccccc2C1(C)C)(c1c(C)[nH]n(-c2ccccc2)c1=O)C(F)(F)F. The minimum absolute atomic E-state index is 0.0814. The molecular weight excluding hydrogens is 471 g/mol. The number of ether oxygens (including phenoxy) is 1. The summed E-state index contributed by atoms with van der Waals surface area (Å²) in [5.41, 5.74) is -3.88. The van der Waals surface area contributed by atoms with Crippen molar-refractivity contribution in [1.29, 1.82) is 0 Å². The van der Waals surface area contributed by atoms with Gasteiger partial charge < -0.3 is 9.64 Å². The summed E-state index contributed by atoms with van der Waals surface area (Å²) >= 11 is 0. The van der Waals surface area contributed by atoms with E-state index in [1.54, 1.807) is 62.2 Å². The zero-order valence-corrected chi connectivity index (χ0v) is 20.7. The molecule has 0 saturated carbocycles. The van der Waals surface area contributed by atoms with Crippen LogP contribution in [0.3, 0.4) is 0 Å². The minimum Gasteiger partial charge on any atom is -0.465 e. The number of nitrogens with one attached hydrogen (secondary N) is 1. The fourth-order valence-corrected chi connectivity index (χ4v) is 5.05. The predicted octanol–water partition coefficient (Wildman–Crippen LogP) is 5.15. The first-order valence-corrected chi connectivity index (χ1v) is 11.6. The van der Waals surface area contributed by atoms with E-state index in [9.17, 15) is 9.59 Å². The third kappa shape index (κ3) is 3.65. The van der Waals surface area contributed by atoms with E-state index in [1.807, 2.05) is 18.2 Å². The molecule has 1 aliphatic rings. The molecule has 1 aromatic heterocycles. The number of halogens is 3. The number of aromatic nitrogens is 2. The Morgan fingerprint density at radius 1 is 1.08 bits per heavy atom. The molecule has 0 saturated heterocycles. The Labute approximate surface area is 207 Å². The molecule has 6 nitrogen and oxygen atoms in total. The number of esters is 1. The van der Waals surface area contributed by atoms with Crippen molar-refractivity contribution in [2.75, 3.05) is 18.6 Å². The molecule has 3 aromatic rings. The van der Waals surface area contributed by atoms with Crippen LogP contribution in [0.2, 0.25) is 0 Å². The molecule has 0 radical (unpaired) electrons. The van der Waals surface area contributed by atoms with Crippen LogP contribution >= 0.6 is 0 Å². The lowest BCUT2D eigenvalue weighted by Gasteiger charge is -2.34. The van der Waals surface area contributed by atoms with Gasteiger partial charge in [-0.05, 0) is 43.7 Å². The number of H-pyrrole nitrogens is 1. The van der Waals surface area contributed by atoms with Crippen molar-refractivity contribution >= 4 is 11.7 Å². The van der Waals surface area contributed by atoms with E-state index >= 15 is 13.2 Å². The normalized spacial score (nSPS) is 17.7. The number of likely N-dealkylation sites (N-methyl/N-ethyl adjacent to an activating group) is 1. The highest BCUT2D eigenvalue weighted by molar-refractivity contribution is 5.88. The number of carbonyl (C=O) groups is 1. The molecular formula is C27H28F3N3O3. The summed E-state index contributed by atoms with van der Waals surface area (Å²) in [6, 6.07) is 15.5. The summed E-state index contributed by atoms with van der Waals surface area (Å²) in [5, 5.41) is 2.73. The van der Waals surface area contributed by atoms with Gasteiger partial charge in [-0.2, -0.15) is 13.2 Å². The van der Waals surface area contributed by atoms with E-state index in [0.717, 1.165) is 22.0 Å². The number of allylic oxidation sites excluding steroid dienone is 1. The first kappa shape index (κ1) is 25.3. The van der Waals surface area contributed by atoms with Gasteiger partial charge in [-0.1, -0.05) is 50.2 Å². The lowest BCUT2D eigenvalue weighted by atomic mass is 9.74. The van der Waals surface area contributed by atoms with E-state index in [0.29, 0.717) is 5.69 Å². The van der Waals surface area contributed by atoms with Gasteiger partial charge in [0.2, 0.25) is 5.41 Å². The van der Waals surface area contributed by atoms with E-state index in [1.165, 1.54) is 13.8 Å². The maximum atomic E-state index is 15.2. The van der Waals surface area contributed by atoms with Crippen LogP contribution in [0.1, 0.15) is 37.6 Å². The molecule has 1 unspecified atom stereocenters. The molecule has 1 N–H and O–H groups in total. The monoisotopic (exact) mass is 499 g/mol. The molecule has 2 aromatic carbocycles. The largest absolute Gasteiger partial charge is 0.465 e. The summed E-state index contributed by atoms with van der Waals surface area (Å²) in [7, 11) is 1.65. The molecule has 190 valence electrons. The lowest BCUT2D eigenvalue weighted by Crippen LogP contribution is -2.52. The number of alkyl halides is 3. The van der Waals surface area contributed by atoms with Crippen molar-refractivity contribution in [2.24, 2.45) is 0 Å². The second kappa shape index (κ2) is 8.72. The third-order valence-corrected chi connectivity index (χ3v) is 6.82. The van der Waals surface area contributed by atoms with Crippen LogP contribution in [-0.2, 0) is 20.4 Å². The number of rotatable bonds is 5. The molecule has 0 aliphatic carbocycles. The third-order valence-electron chi connectivity index (χ3n) is 6.82. The number of hydrogen-bond donors (Lipinski definition) is 1. The first-order chi connectivity index (χ1) is 16.9.